The minimum Gasteiger partial charge on any atom is -0.449 e. The highest BCUT2D eigenvalue weighted by atomic mass is 32.2. The summed E-state index contributed by atoms with van der Waals surface area (Å²) in [5.41, 5.74) is 0.436. The third kappa shape index (κ3) is 5.27. The number of hydrogen-bond donors (Lipinski definition) is 1. The van der Waals surface area contributed by atoms with Crippen LogP contribution >= 0.6 is 0 Å². The lowest BCUT2D eigenvalue weighted by Crippen LogP contribution is -2.36. The topological polar surface area (TPSA) is 120 Å². The van der Waals surface area contributed by atoms with E-state index >= 15 is 0 Å². The number of aromatic nitrogens is 2. The molecule has 1 aliphatic heterocycles. The molecule has 1 saturated heterocycles. The number of nitrogens with zero attached hydrogens (tertiary/aromatic N) is 3. The number of halogens is 1. The maximum absolute atomic E-state index is 14.5. The first-order valence-corrected chi connectivity index (χ1v) is 13.6. The Hall–Kier alpha value is -3.77. The van der Waals surface area contributed by atoms with Crippen LogP contribution in [0.4, 0.5) is 10.1 Å². The molecule has 202 valence electrons. The zero-order valence-corrected chi connectivity index (χ0v) is 22.1. The fourth-order valence-corrected chi connectivity index (χ4v) is 5.90. The van der Waals surface area contributed by atoms with E-state index in [4.69, 9.17) is 4.74 Å². The highest BCUT2D eigenvalue weighted by Gasteiger charge is 2.30. The highest BCUT2D eigenvalue weighted by Crippen LogP contribution is 2.24. The number of carbonyl (C=O) groups excluding carboxylic acids is 2. The lowest BCUT2D eigenvalue weighted by molar-refractivity contribution is -0.123. The second kappa shape index (κ2) is 10.9. The first-order chi connectivity index (χ1) is 18.0. The molecule has 1 fully saturated rings. The average molecular weight is 545 g/mol. The van der Waals surface area contributed by atoms with Crippen molar-refractivity contribution in [3.05, 3.63) is 76.0 Å². The van der Waals surface area contributed by atoms with Gasteiger partial charge in [0.25, 0.3) is 11.5 Å². The van der Waals surface area contributed by atoms with Crippen molar-refractivity contribution in [2.45, 2.75) is 44.1 Å². The highest BCUT2D eigenvalue weighted by molar-refractivity contribution is 7.89. The number of amides is 1. The molecule has 1 aliphatic rings. The first kappa shape index (κ1) is 27.3. The van der Waals surface area contributed by atoms with E-state index in [0.717, 1.165) is 24.6 Å². The van der Waals surface area contributed by atoms with Crippen molar-refractivity contribution in [3.63, 3.8) is 0 Å². The van der Waals surface area contributed by atoms with Gasteiger partial charge >= 0.3 is 5.97 Å². The Labute approximate surface area is 219 Å². The van der Waals surface area contributed by atoms with Gasteiger partial charge in [0.15, 0.2) is 6.10 Å². The Morgan fingerprint density at radius 3 is 2.37 bits per heavy atom. The molecule has 1 atom stereocenters. The van der Waals surface area contributed by atoms with E-state index in [2.05, 4.69) is 5.32 Å². The summed E-state index contributed by atoms with van der Waals surface area (Å²) in [6.45, 7) is 3.53. The lowest BCUT2D eigenvalue weighted by atomic mass is 10.2. The molecule has 0 spiro atoms. The van der Waals surface area contributed by atoms with Gasteiger partial charge in [0.2, 0.25) is 10.0 Å². The molecule has 12 heteroatoms. The molecule has 0 aliphatic carbocycles. The van der Waals surface area contributed by atoms with Gasteiger partial charge in [-0.2, -0.15) is 4.31 Å². The summed E-state index contributed by atoms with van der Waals surface area (Å²) in [4.78, 5) is 38.0. The SMILES string of the molecule is Cc1c(NC(=O)C(C)OC(=O)c2ccc(F)c(S(=O)(=O)N3CCCCC3)c2)c(=O)n(-c2ccccc2)n1C. The fraction of sp³-hybridized carbons (Fsp3) is 0.346. The zero-order valence-electron chi connectivity index (χ0n) is 21.3. The number of esters is 1. The molecule has 3 aromatic rings. The van der Waals surface area contributed by atoms with Gasteiger partial charge in [0.05, 0.1) is 16.9 Å². The van der Waals surface area contributed by atoms with Crippen LogP contribution in [0.2, 0.25) is 0 Å². The van der Waals surface area contributed by atoms with Crippen LogP contribution in [0.5, 0.6) is 0 Å². The zero-order chi connectivity index (χ0) is 27.6. The van der Waals surface area contributed by atoms with Gasteiger partial charge in [-0.05, 0) is 57.0 Å². The predicted octanol–water partition coefficient (Wildman–Crippen LogP) is 2.98. The summed E-state index contributed by atoms with van der Waals surface area (Å²) in [6.07, 6.45) is 0.904. The molecule has 0 radical (unpaired) electrons. The Morgan fingerprint density at radius 2 is 1.71 bits per heavy atom. The van der Waals surface area contributed by atoms with Gasteiger partial charge in [-0.1, -0.05) is 24.6 Å². The molecule has 38 heavy (non-hydrogen) atoms. The van der Waals surface area contributed by atoms with Crippen molar-refractivity contribution < 1.29 is 27.1 Å². The molecule has 1 aromatic heterocycles. The van der Waals surface area contributed by atoms with Gasteiger partial charge in [0.1, 0.15) is 16.4 Å². The molecule has 0 bridgehead atoms. The summed E-state index contributed by atoms with van der Waals surface area (Å²) in [5, 5.41) is 2.52. The lowest BCUT2D eigenvalue weighted by Gasteiger charge is -2.26. The third-order valence-electron chi connectivity index (χ3n) is 6.56. The standard InChI is InChI=1S/C26H29FN4O6S/c1-17-23(25(33)31(29(17)3)20-10-6-4-7-11-20)28-24(32)18(2)37-26(34)19-12-13-21(27)22(16-19)38(35,36)30-14-8-5-9-15-30/h4,6-7,10-13,16,18H,5,8-9,14-15H2,1-3H3,(H,28,32). The number of ether oxygens (including phenoxy) is 1. The van der Waals surface area contributed by atoms with Crippen molar-refractivity contribution >= 4 is 27.6 Å². The Balaban J connectivity index is 1.50. The van der Waals surface area contributed by atoms with E-state index in [1.807, 2.05) is 6.07 Å². The minimum atomic E-state index is -4.14. The van der Waals surface area contributed by atoms with Crippen LogP contribution < -0.4 is 10.9 Å². The van der Waals surface area contributed by atoms with Crippen LogP contribution in [0.3, 0.4) is 0 Å². The summed E-state index contributed by atoms with van der Waals surface area (Å²) < 4.78 is 49.8. The van der Waals surface area contributed by atoms with Gasteiger partial charge in [-0.25, -0.2) is 22.3 Å². The van der Waals surface area contributed by atoms with Crippen LogP contribution in [0.15, 0.2) is 58.2 Å². The fourth-order valence-electron chi connectivity index (χ4n) is 4.29. The molecule has 1 unspecified atom stereocenters. The smallest absolute Gasteiger partial charge is 0.338 e. The monoisotopic (exact) mass is 544 g/mol. The number of rotatable bonds is 7. The quantitative estimate of drug-likeness (QED) is 0.457. The van der Waals surface area contributed by atoms with E-state index in [0.29, 0.717) is 24.2 Å². The molecule has 2 aromatic carbocycles. The maximum Gasteiger partial charge on any atom is 0.338 e. The van der Waals surface area contributed by atoms with E-state index in [9.17, 15) is 27.2 Å². The predicted molar refractivity (Wildman–Crippen MR) is 138 cm³/mol. The van der Waals surface area contributed by atoms with Crippen molar-refractivity contribution in [2.24, 2.45) is 7.05 Å². The van der Waals surface area contributed by atoms with Crippen LogP contribution in [-0.2, 0) is 26.6 Å². The molecule has 10 nitrogen and oxygen atoms in total. The maximum atomic E-state index is 14.5. The Morgan fingerprint density at radius 1 is 1.05 bits per heavy atom. The summed E-state index contributed by atoms with van der Waals surface area (Å²) in [6, 6.07) is 11.8. The molecule has 0 saturated carbocycles. The normalized spacial score (nSPS) is 15.2. The second-order valence-electron chi connectivity index (χ2n) is 9.08. The van der Waals surface area contributed by atoms with E-state index in [-0.39, 0.29) is 24.3 Å². The van der Waals surface area contributed by atoms with Gasteiger partial charge in [-0.15, -0.1) is 0 Å². The molecule has 1 N–H and O–H groups in total. The third-order valence-corrected chi connectivity index (χ3v) is 8.47. The van der Waals surface area contributed by atoms with Crippen LogP contribution in [0.1, 0.15) is 42.2 Å². The molecule has 1 amide bonds. The molecule has 2 heterocycles. The summed E-state index contributed by atoms with van der Waals surface area (Å²) in [7, 11) is -2.46. The van der Waals surface area contributed by atoms with Gasteiger partial charge in [0, 0.05) is 20.1 Å². The Bertz CT molecular complexity index is 1530. The summed E-state index contributed by atoms with van der Waals surface area (Å²) in [5.74, 6) is -2.74. The minimum absolute atomic E-state index is 0.0287. The van der Waals surface area contributed by atoms with Crippen LogP contribution in [-0.4, -0.2) is 53.2 Å². The number of anilines is 1. The summed E-state index contributed by atoms with van der Waals surface area (Å²) >= 11 is 0. The van der Waals surface area contributed by atoms with E-state index in [1.165, 1.54) is 15.9 Å². The van der Waals surface area contributed by atoms with Crippen molar-refractivity contribution in [3.8, 4) is 5.69 Å². The first-order valence-electron chi connectivity index (χ1n) is 12.2. The second-order valence-corrected chi connectivity index (χ2v) is 11.0. The van der Waals surface area contributed by atoms with Crippen LogP contribution in [0, 0.1) is 12.7 Å². The van der Waals surface area contributed by atoms with Gasteiger partial charge in [-0.3, -0.25) is 14.3 Å². The van der Waals surface area contributed by atoms with E-state index in [1.54, 1.807) is 42.9 Å². The number of carbonyl (C=O) groups is 2. The number of sulfonamides is 1. The number of piperidine rings is 1. The van der Waals surface area contributed by atoms with E-state index < -0.39 is 44.3 Å². The van der Waals surface area contributed by atoms with Crippen molar-refractivity contribution in [1.29, 1.82) is 0 Å². The van der Waals surface area contributed by atoms with Crippen molar-refractivity contribution in [1.82, 2.24) is 13.7 Å². The van der Waals surface area contributed by atoms with Crippen LogP contribution in [0.25, 0.3) is 5.69 Å². The number of para-hydroxylation sites is 1. The molecular weight excluding hydrogens is 515 g/mol. The van der Waals surface area contributed by atoms with Gasteiger partial charge < -0.3 is 10.1 Å². The average Bonchev–Trinajstić information content (AvgIpc) is 3.12. The molecular formula is C26H29FN4O6S. The number of benzene rings is 2. The van der Waals surface area contributed by atoms with Crippen molar-refractivity contribution in [2.75, 3.05) is 18.4 Å². The largest absolute Gasteiger partial charge is 0.449 e. The number of nitrogens with one attached hydrogen (secondary N) is 1. The Kier molecular flexibility index (Phi) is 7.83. The number of hydrogen-bond acceptors (Lipinski definition) is 6. The molecule has 4 rings (SSSR count).